The van der Waals surface area contributed by atoms with Crippen LogP contribution in [0, 0.1) is 11.6 Å². The van der Waals surface area contributed by atoms with Crippen LogP contribution in [-0.4, -0.2) is 55.8 Å². The summed E-state index contributed by atoms with van der Waals surface area (Å²) in [6.45, 7) is 2.55. The number of sulfonamides is 1. The lowest BCUT2D eigenvalue weighted by molar-refractivity contribution is -0.121. The Morgan fingerprint density at radius 3 is 2.14 bits per heavy atom. The summed E-state index contributed by atoms with van der Waals surface area (Å²) in [5, 5.41) is 2.54. The SMILES string of the molecule is C[C@@H](C(=O)Nc1ccccc1F)N1CCN(S(=O)(=O)c2ccccc2F)CC1. The van der Waals surface area contributed by atoms with Gasteiger partial charge in [0.15, 0.2) is 0 Å². The Morgan fingerprint density at radius 1 is 0.964 bits per heavy atom. The maximum absolute atomic E-state index is 13.9. The highest BCUT2D eigenvalue weighted by Crippen LogP contribution is 2.21. The zero-order valence-corrected chi connectivity index (χ0v) is 16.1. The van der Waals surface area contributed by atoms with Crippen LogP contribution in [0.5, 0.6) is 0 Å². The van der Waals surface area contributed by atoms with Gasteiger partial charge in [-0.05, 0) is 31.2 Å². The van der Waals surface area contributed by atoms with Crippen LogP contribution in [0.2, 0.25) is 0 Å². The summed E-state index contributed by atoms with van der Waals surface area (Å²) < 4.78 is 54.1. The number of nitrogens with zero attached hydrogens (tertiary/aromatic N) is 2. The molecule has 1 fully saturated rings. The van der Waals surface area contributed by atoms with Gasteiger partial charge in [-0.15, -0.1) is 0 Å². The van der Waals surface area contributed by atoms with E-state index in [0.29, 0.717) is 13.1 Å². The number of hydrogen-bond acceptors (Lipinski definition) is 4. The standard InChI is InChI=1S/C19H21F2N3O3S/c1-14(19(25)22-17-8-4-2-6-15(17)20)23-10-12-24(13-11-23)28(26,27)18-9-5-3-7-16(18)21/h2-9,14H,10-13H2,1H3,(H,22,25)/t14-/m0/s1. The predicted octanol–water partition coefficient (Wildman–Crippen LogP) is 2.30. The van der Waals surface area contributed by atoms with E-state index in [1.54, 1.807) is 13.0 Å². The molecule has 6 nitrogen and oxygen atoms in total. The molecule has 0 aliphatic carbocycles. The number of carbonyl (C=O) groups is 1. The number of nitrogens with one attached hydrogen (secondary N) is 1. The maximum Gasteiger partial charge on any atom is 0.246 e. The number of rotatable bonds is 5. The number of amides is 1. The first kappa shape index (κ1) is 20.4. The fourth-order valence-electron chi connectivity index (χ4n) is 3.09. The minimum absolute atomic E-state index is 0.0973. The van der Waals surface area contributed by atoms with E-state index in [2.05, 4.69) is 5.32 Å². The highest BCUT2D eigenvalue weighted by atomic mass is 32.2. The van der Waals surface area contributed by atoms with Crippen LogP contribution >= 0.6 is 0 Å². The van der Waals surface area contributed by atoms with Gasteiger partial charge in [0.2, 0.25) is 15.9 Å². The summed E-state index contributed by atoms with van der Waals surface area (Å²) in [4.78, 5) is 13.9. The highest BCUT2D eigenvalue weighted by molar-refractivity contribution is 7.89. The second-order valence-electron chi connectivity index (χ2n) is 6.52. The van der Waals surface area contributed by atoms with Gasteiger partial charge in [-0.3, -0.25) is 9.69 Å². The summed E-state index contributed by atoms with van der Waals surface area (Å²) in [6, 6.07) is 10.6. The Balaban J connectivity index is 1.62. The van der Waals surface area contributed by atoms with E-state index < -0.39 is 27.7 Å². The third-order valence-electron chi connectivity index (χ3n) is 4.79. The van der Waals surface area contributed by atoms with Crippen molar-refractivity contribution < 1.29 is 22.0 Å². The van der Waals surface area contributed by atoms with Gasteiger partial charge >= 0.3 is 0 Å². The number of benzene rings is 2. The second-order valence-corrected chi connectivity index (χ2v) is 8.42. The smallest absolute Gasteiger partial charge is 0.246 e. The Hall–Kier alpha value is -2.36. The molecular weight excluding hydrogens is 388 g/mol. The number of piperazine rings is 1. The molecule has 0 bridgehead atoms. The highest BCUT2D eigenvalue weighted by Gasteiger charge is 2.33. The molecule has 1 atom stereocenters. The quantitative estimate of drug-likeness (QED) is 0.823. The van der Waals surface area contributed by atoms with Crippen molar-refractivity contribution in [2.24, 2.45) is 0 Å². The summed E-state index contributed by atoms with van der Waals surface area (Å²) in [7, 11) is -3.93. The van der Waals surface area contributed by atoms with E-state index >= 15 is 0 Å². The fourth-order valence-corrected chi connectivity index (χ4v) is 4.58. The van der Waals surface area contributed by atoms with Crippen LogP contribution < -0.4 is 5.32 Å². The molecule has 3 rings (SSSR count). The third kappa shape index (κ3) is 4.21. The first-order chi connectivity index (χ1) is 13.3. The van der Waals surface area contributed by atoms with E-state index in [9.17, 15) is 22.0 Å². The van der Waals surface area contributed by atoms with Crippen molar-refractivity contribution in [3.8, 4) is 0 Å². The molecule has 1 heterocycles. The molecule has 0 saturated carbocycles. The molecule has 150 valence electrons. The molecule has 0 spiro atoms. The molecule has 2 aromatic rings. The van der Waals surface area contributed by atoms with Crippen LogP contribution in [0.3, 0.4) is 0 Å². The molecule has 1 aliphatic rings. The van der Waals surface area contributed by atoms with E-state index in [1.165, 1.54) is 40.7 Å². The molecule has 1 saturated heterocycles. The summed E-state index contributed by atoms with van der Waals surface area (Å²) in [6.07, 6.45) is 0. The van der Waals surface area contributed by atoms with Gasteiger partial charge in [-0.25, -0.2) is 17.2 Å². The molecule has 2 aromatic carbocycles. The van der Waals surface area contributed by atoms with Crippen LogP contribution in [0.1, 0.15) is 6.92 Å². The third-order valence-corrected chi connectivity index (χ3v) is 6.72. The summed E-state index contributed by atoms with van der Waals surface area (Å²) in [5.74, 6) is -1.69. The first-order valence-corrected chi connectivity index (χ1v) is 10.3. The normalized spacial score (nSPS) is 17.2. The molecule has 1 amide bonds. The van der Waals surface area contributed by atoms with Crippen molar-refractivity contribution in [3.05, 3.63) is 60.2 Å². The topological polar surface area (TPSA) is 69.7 Å². The summed E-state index contributed by atoms with van der Waals surface area (Å²) >= 11 is 0. The lowest BCUT2D eigenvalue weighted by Gasteiger charge is -2.36. The maximum atomic E-state index is 13.9. The lowest BCUT2D eigenvalue weighted by Crippen LogP contribution is -2.54. The minimum atomic E-state index is -3.93. The Morgan fingerprint density at radius 2 is 1.54 bits per heavy atom. The van der Waals surface area contributed by atoms with E-state index in [-0.39, 0.29) is 29.6 Å². The largest absolute Gasteiger partial charge is 0.322 e. The number of para-hydroxylation sites is 1. The van der Waals surface area contributed by atoms with Gasteiger partial charge in [-0.2, -0.15) is 4.31 Å². The molecule has 0 unspecified atom stereocenters. The van der Waals surface area contributed by atoms with Crippen molar-refractivity contribution in [1.82, 2.24) is 9.21 Å². The Kier molecular flexibility index (Phi) is 6.07. The van der Waals surface area contributed by atoms with Crippen LogP contribution in [0.25, 0.3) is 0 Å². The number of halogens is 2. The van der Waals surface area contributed by atoms with E-state index in [1.807, 2.05) is 4.90 Å². The number of hydrogen-bond donors (Lipinski definition) is 1. The second kappa shape index (κ2) is 8.34. The molecule has 1 aliphatic heterocycles. The van der Waals surface area contributed by atoms with E-state index in [0.717, 1.165) is 6.07 Å². The fraction of sp³-hybridized carbons (Fsp3) is 0.316. The van der Waals surface area contributed by atoms with Crippen molar-refractivity contribution in [2.75, 3.05) is 31.5 Å². The zero-order chi connectivity index (χ0) is 20.3. The van der Waals surface area contributed by atoms with Gasteiger partial charge in [0, 0.05) is 26.2 Å². The minimum Gasteiger partial charge on any atom is -0.322 e. The van der Waals surface area contributed by atoms with Crippen LogP contribution in [0.4, 0.5) is 14.5 Å². The van der Waals surface area contributed by atoms with Gasteiger partial charge < -0.3 is 5.32 Å². The van der Waals surface area contributed by atoms with Gasteiger partial charge in [0.1, 0.15) is 16.5 Å². The Labute approximate surface area is 162 Å². The van der Waals surface area contributed by atoms with Crippen LogP contribution in [0.15, 0.2) is 53.4 Å². The van der Waals surface area contributed by atoms with E-state index in [4.69, 9.17) is 0 Å². The van der Waals surface area contributed by atoms with Gasteiger partial charge in [0.25, 0.3) is 0 Å². The first-order valence-electron chi connectivity index (χ1n) is 8.85. The van der Waals surface area contributed by atoms with Crippen molar-refractivity contribution in [3.63, 3.8) is 0 Å². The van der Waals surface area contributed by atoms with Gasteiger partial charge in [0.05, 0.1) is 11.7 Å². The van der Waals surface area contributed by atoms with Crippen molar-refractivity contribution in [2.45, 2.75) is 17.9 Å². The molecule has 0 aromatic heterocycles. The van der Waals surface area contributed by atoms with Gasteiger partial charge in [-0.1, -0.05) is 24.3 Å². The molecular formula is C19H21F2N3O3S. The average molecular weight is 409 g/mol. The molecule has 0 radical (unpaired) electrons. The summed E-state index contributed by atoms with van der Waals surface area (Å²) in [5.41, 5.74) is 0.0973. The molecule has 1 N–H and O–H groups in total. The Bertz CT molecular complexity index is 960. The predicted molar refractivity (Wildman–Crippen MR) is 101 cm³/mol. The van der Waals surface area contributed by atoms with Crippen molar-refractivity contribution >= 4 is 21.6 Å². The molecule has 9 heteroatoms. The molecule has 28 heavy (non-hydrogen) atoms. The monoisotopic (exact) mass is 409 g/mol. The number of carbonyl (C=O) groups excluding carboxylic acids is 1. The van der Waals surface area contributed by atoms with Crippen molar-refractivity contribution in [1.29, 1.82) is 0 Å². The average Bonchev–Trinajstić information content (AvgIpc) is 2.69. The lowest BCUT2D eigenvalue weighted by atomic mass is 10.2. The zero-order valence-electron chi connectivity index (χ0n) is 15.3. The number of anilines is 1. The van der Waals surface area contributed by atoms with Crippen LogP contribution in [-0.2, 0) is 14.8 Å².